The van der Waals surface area contributed by atoms with Gasteiger partial charge in [-0.3, -0.25) is 29.8 Å². The fourth-order valence-corrected chi connectivity index (χ4v) is 7.49. The molecule has 3 amide bonds. The maximum atomic E-state index is 14.1. The predicted octanol–water partition coefficient (Wildman–Crippen LogP) is 8.63. The number of hydrogen-bond acceptors (Lipinski definition) is 10. The minimum Gasteiger partial charge on any atom is -0.497 e. The molecule has 0 saturated carbocycles. The van der Waals surface area contributed by atoms with Crippen LogP contribution in [0.15, 0.2) is 164 Å². The van der Waals surface area contributed by atoms with Crippen molar-refractivity contribution >= 4 is 35.3 Å². The SMILES string of the molecule is CCC(=O)N[C@@H](Cc1ccccc1)C(=O)N[C@@H](CCCCNC(c1ccccc1)(c1ccccc1)c1ccc(OC)cc1)C(=O)Nc1ccc(COC(=O)Oc2ccc([N+](=O)[O-])cc2)cc1. The molecule has 0 bridgehead atoms. The van der Waals surface area contributed by atoms with Crippen molar-refractivity contribution in [1.82, 2.24) is 16.0 Å². The van der Waals surface area contributed by atoms with E-state index in [2.05, 4.69) is 57.7 Å². The molecule has 6 rings (SSSR count). The lowest BCUT2D eigenvalue weighted by Gasteiger charge is -2.37. The lowest BCUT2D eigenvalue weighted by atomic mass is 9.77. The summed E-state index contributed by atoms with van der Waals surface area (Å²) in [7, 11) is 1.64. The topological polar surface area (TPSA) is 187 Å². The molecular formula is C52H53N5O9. The van der Waals surface area contributed by atoms with Gasteiger partial charge in [-0.05, 0) is 90.0 Å². The van der Waals surface area contributed by atoms with E-state index in [1.165, 1.54) is 24.3 Å². The predicted molar refractivity (Wildman–Crippen MR) is 251 cm³/mol. The number of hydrogen-bond donors (Lipinski definition) is 4. The Morgan fingerprint density at radius 2 is 1.21 bits per heavy atom. The highest BCUT2D eigenvalue weighted by atomic mass is 16.7. The summed E-state index contributed by atoms with van der Waals surface area (Å²) in [5.74, 6) is -0.404. The number of nitrogens with one attached hydrogen (secondary N) is 4. The molecule has 0 aliphatic rings. The number of anilines is 1. The number of non-ortho nitro benzene ring substituents is 1. The monoisotopic (exact) mass is 891 g/mol. The maximum absolute atomic E-state index is 14.1. The van der Waals surface area contributed by atoms with E-state index in [0.29, 0.717) is 30.6 Å². The summed E-state index contributed by atoms with van der Waals surface area (Å²) in [4.78, 5) is 63.4. The van der Waals surface area contributed by atoms with E-state index in [9.17, 15) is 29.3 Å². The molecule has 0 aliphatic carbocycles. The van der Waals surface area contributed by atoms with Crippen LogP contribution in [0.25, 0.3) is 0 Å². The number of ether oxygens (including phenoxy) is 3. The zero-order valence-corrected chi connectivity index (χ0v) is 36.8. The van der Waals surface area contributed by atoms with Crippen LogP contribution in [0.1, 0.15) is 60.4 Å². The second-order valence-corrected chi connectivity index (χ2v) is 15.4. The Morgan fingerprint density at radius 3 is 1.79 bits per heavy atom. The second kappa shape index (κ2) is 23.7. The first-order chi connectivity index (χ1) is 32.1. The van der Waals surface area contributed by atoms with Crippen LogP contribution in [0, 0.1) is 10.1 Å². The van der Waals surface area contributed by atoms with E-state index < -0.39 is 40.5 Å². The Kier molecular flexibility index (Phi) is 17.1. The van der Waals surface area contributed by atoms with Gasteiger partial charge in [-0.15, -0.1) is 0 Å². The van der Waals surface area contributed by atoms with Crippen molar-refractivity contribution < 1.29 is 38.3 Å². The third-order valence-electron chi connectivity index (χ3n) is 11.0. The standard InChI is InChI=1S/C52H53N5O9/c1-3-48(58)55-47(35-37-15-7-4-8-16-37)50(60)56-46(49(59)54-42-26-22-38(23-27-42)36-65-51(61)66-45-32-28-43(29-33-45)57(62)63)21-13-14-34-53-52(39-17-9-5-10-18-39,40-19-11-6-12-20-40)41-24-30-44(64-2)31-25-41/h4-12,15-20,22-33,46-47,53H,3,13-14,21,34-36H2,1-2H3,(H,54,59)(H,55,58)(H,56,60)/t46-,47-/m0/s1. The molecule has 340 valence electrons. The molecule has 6 aromatic rings. The number of unbranched alkanes of at least 4 members (excludes halogenated alkanes) is 1. The maximum Gasteiger partial charge on any atom is 0.514 e. The number of methoxy groups -OCH3 is 1. The van der Waals surface area contributed by atoms with Crippen LogP contribution in [-0.4, -0.2) is 54.5 Å². The normalized spacial score (nSPS) is 11.9. The minimum atomic E-state index is -0.998. The minimum absolute atomic E-state index is 0.0849. The number of carbonyl (C=O) groups is 4. The van der Waals surface area contributed by atoms with Crippen molar-refractivity contribution in [3.63, 3.8) is 0 Å². The smallest absolute Gasteiger partial charge is 0.497 e. The van der Waals surface area contributed by atoms with Crippen LogP contribution in [0.4, 0.5) is 16.2 Å². The average Bonchev–Trinajstić information content (AvgIpc) is 3.35. The molecule has 0 aliphatic heterocycles. The molecule has 6 aromatic carbocycles. The van der Waals surface area contributed by atoms with Crippen LogP contribution >= 0.6 is 0 Å². The van der Waals surface area contributed by atoms with E-state index in [1.807, 2.05) is 78.9 Å². The van der Waals surface area contributed by atoms with E-state index in [0.717, 1.165) is 28.0 Å². The number of nitro groups is 1. The summed E-state index contributed by atoms with van der Waals surface area (Å²) in [5, 5.41) is 23.5. The highest BCUT2D eigenvalue weighted by molar-refractivity contribution is 5.98. The highest BCUT2D eigenvalue weighted by Crippen LogP contribution is 2.37. The van der Waals surface area contributed by atoms with Crippen LogP contribution in [-0.2, 0) is 37.7 Å². The largest absolute Gasteiger partial charge is 0.514 e. The summed E-state index contributed by atoms with van der Waals surface area (Å²) in [6.45, 7) is 2.11. The third-order valence-corrected chi connectivity index (χ3v) is 11.0. The number of amides is 3. The summed E-state index contributed by atoms with van der Waals surface area (Å²) < 4.78 is 15.8. The van der Waals surface area contributed by atoms with Crippen LogP contribution in [0.3, 0.4) is 0 Å². The number of benzene rings is 6. The fourth-order valence-electron chi connectivity index (χ4n) is 7.49. The molecule has 0 heterocycles. The van der Waals surface area contributed by atoms with Gasteiger partial charge in [-0.2, -0.15) is 0 Å². The first-order valence-corrected chi connectivity index (χ1v) is 21.7. The van der Waals surface area contributed by atoms with Crippen LogP contribution < -0.4 is 30.7 Å². The quantitative estimate of drug-likeness (QED) is 0.0128. The molecular weight excluding hydrogens is 839 g/mol. The Hall–Kier alpha value is -7.84. The molecule has 0 unspecified atom stereocenters. The molecule has 4 N–H and O–H groups in total. The summed E-state index contributed by atoms with van der Waals surface area (Å²) >= 11 is 0. The van der Waals surface area contributed by atoms with Crippen molar-refractivity contribution in [2.24, 2.45) is 0 Å². The number of rotatable bonds is 22. The van der Waals surface area contributed by atoms with Crippen molar-refractivity contribution in [3.05, 3.63) is 202 Å². The Bertz CT molecular complexity index is 2470. The number of nitrogens with zero attached hydrogens (tertiary/aromatic N) is 1. The van der Waals surface area contributed by atoms with Gasteiger partial charge in [0.1, 0.15) is 30.2 Å². The highest BCUT2D eigenvalue weighted by Gasteiger charge is 2.36. The van der Waals surface area contributed by atoms with Gasteiger partial charge in [0.25, 0.3) is 5.69 Å². The first kappa shape index (κ1) is 47.6. The number of carbonyl (C=O) groups excluding carboxylic acids is 4. The van der Waals surface area contributed by atoms with Gasteiger partial charge in [-0.1, -0.05) is 122 Å². The Balaban J connectivity index is 1.16. The van der Waals surface area contributed by atoms with Gasteiger partial charge in [-0.25, -0.2) is 4.79 Å². The summed E-state index contributed by atoms with van der Waals surface area (Å²) in [5.41, 5.74) is 4.12. The zero-order chi connectivity index (χ0) is 46.7. The molecule has 66 heavy (non-hydrogen) atoms. The van der Waals surface area contributed by atoms with Gasteiger partial charge < -0.3 is 30.2 Å². The van der Waals surface area contributed by atoms with Gasteiger partial charge in [0.15, 0.2) is 0 Å². The van der Waals surface area contributed by atoms with Crippen molar-refractivity contribution in [1.29, 1.82) is 0 Å². The van der Waals surface area contributed by atoms with Crippen molar-refractivity contribution in [2.75, 3.05) is 19.0 Å². The second-order valence-electron chi connectivity index (χ2n) is 15.4. The summed E-state index contributed by atoms with van der Waals surface area (Å²) in [6.07, 6.45) is 0.884. The molecule has 14 nitrogen and oxygen atoms in total. The van der Waals surface area contributed by atoms with Crippen molar-refractivity contribution in [3.8, 4) is 11.5 Å². The van der Waals surface area contributed by atoms with Gasteiger partial charge >= 0.3 is 6.16 Å². The zero-order valence-electron chi connectivity index (χ0n) is 36.8. The Morgan fingerprint density at radius 1 is 0.636 bits per heavy atom. The molecule has 2 atom stereocenters. The lowest BCUT2D eigenvalue weighted by Crippen LogP contribution is -2.53. The van der Waals surface area contributed by atoms with Crippen LogP contribution in [0.5, 0.6) is 11.5 Å². The van der Waals surface area contributed by atoms with E-state index in [1.54, 1.807) is 38.3 Å². The van der Waals surface area contributed by atoms with Gasteiger partial charge in [0.2, 0.25) is 17.7 Å². The molecule has 0 fully saturated rings. The lowest BCUT2D eigenvalue weighted by molar-refractivity contribution is -0.384. The summed E-state index contributed by atoms with van der Waals surface area (Å²) in [6, 6.07) is 47.5. The molecule has 0 aromatic heterocycles. The molecule has 0 saturated heterocycles. The average molecular weight is 892 g/mol. The van der Waals surface area contributed by atoms with Gasteiger partial charge in [0, 0.05) is 30.7 Å². The first-order valence-electron chi connectivity index (χ1n) is 21.7. The van der Waals surface area contributed by atoms with E-state index >= 15 is 0 Å². The van der Waals surface area contributed by atoms with Crippen LogP contribution in [0.2, 0.25) is 0 Å². The van der Waals surface area contributed by atoms with Gasteiger partial charge in [0.05, 0.1) is 17.6 Å². The third kappa shape index (κ3) is 13.1. The molecule has 0 spiro atoms. The van der Waals surface area contributed by atoms with E-state index in [-0.39, 0.29) is 43.2 Å². The fraction of sp³-hybridized carbons (Fsp3) is 0.231. The number of nitro benzene ring substituents is 1. The Labute approximate surface area is 383 Å². The molecule has 14 heteroatoms. The van der Waals surface area contributed by atoms with Crippen molar-refractivity contribution in [2.45, 2.75) is 63.3 Å². The molecule has 0 radical (unpaired) electrons. The van der Waals surface area contributed by atoms with E-state index in [4.69, 9.17) is 14.2 Å².